The number of nitrogens with two attached hydrogens (primary N) is 1. The third-order valence-corrected chi connectivity index (χ3v) is 2.94. The van der Waals surface area contributed by atoms with Crippen LogP contribution >= 0.6 is 0 Å². The van der Waals surface area contributed by atoms with Crippen molar-refractivity contribution in [1.29, 1.82) is 0 Å². The number of nitrogens with one attached hydrogen (secondary N) is 1. The van der Waals surface area contributed by atoms with Gasteiger partial charge < -0.3 is 16.0 Å². The Hall–Kier alpha value is -0.610. The lowest BCUT2D eigenvalue weighted by molar-refractivity contribution is -0.122. The smallest absolute Gasteiger partial charge is 0.220 e. The molecule has 0 spiro atoms. The zero-order chi connectivity index (χ0) is 11.1. The van der Waals surface area contributed by atoms with Gasteiger partial charge in [-0.1, -0.05) is 0 Å². The van der Waals surface area contributed by atoms with Gasteiger partial charge in [0.05, 0.1) is 0 Å². The largest absolute Gasteiger partial charge is 0.353 e. The van der Waals surface area contributed by atoms with E-state index in [1.54, 1.807) is 0 Å². The second kappa shape index (κ2) is 6.80. The summed E-state index contributed by atoms with van der Waals surface area (Å²) < 4.78 is 0. The Balaban J connectivity index is 2.09. The minimum Gasteiger partial charge on any atom is -0.353 e. The van der Waals surface area contributed by atoms with E-state index in [1.807, 2.05) is 0 Å². The monoisotopic (exact) mass is 213 g/mol. The number of amides is 1. The van der Waals surface area contributed by atoms with E-state index in [4.69, 9.17) is 5.73 Å². The van der Waals surface area contributed by atoms with Gasteiger partial charge in [0, 0.05) is 12.5 Å². The normalized spacial score (nSPS) is 19.1. The van der Waals surface area contributed by atoms with Crippen molar-refractivity contribution in [3.63, 3.8) is 0 Å². The maximum Gasteiger partial charge on any atom is 0.220 e. The maximum atomic E-state index is 11.5. The fraction of sp³-hybridized carbons (Fsp3) is 0.909. The molecule has 4 heteroatoms. The fourth-order valence-electron chi connectivity index (χ4n) is 1.88. The first-order valence-corrected chi connectivity index (χ1v) is 5.90. The van der Waals surface area contributed by atoms with Crippen LogP contribution in [0.5, 0.6) is 0 Å². The second-order valence-electron chi connectivity index (χ2n) is 4.39. The Kier molecular flexibility index (Phi) is 5.65. The minimum absolute atomic E-state index is 0.193. The highest BCUT2D eigenvalue weighted by Gasteiger charge is 2.17. The third-order valence-electron chi connectivity index (χ3n) is 2.94. The van der Waals surface area contributed by atoms with Crippen LogP contribution in [-0.2, 0) is 4.79 Å². The van der Waals surface area contributed by atoms with E-state index in [9.17, 15) is 4.79 Å². The SMILES string of the molecule is CN1CCC(NC(=O)CCCCN)CC1. The van der Waals surface area contributed by atoms with E-state index >= 15 is 0 Å². The topological polar surface area (TPSA) is 58.4 Å². The van der Waals surface area contributed by atoms with Gasteiger partial charge in [0.1, 0.15) is 0 Å². The molecule has 15 heavy (non-hydrogen) atoms. The standard InChI is InChI=1S/C11H23N3O/c1-14-8-5-10(6-9-14)13-11(15)4-2-3-7-12/h10H,2-9,12H2,1H3,(H,13,15). The highest BCUT2D eigenvalue weighted by atomic mass is 16.1. The first kappa shape index (κ1) is 12.5. The molecule has 0 aliphatic carbocycles. The Bertz CT molecular complexity index is 188. The average molecular weight is 213 g/mol. The Morgan fingerprint density at radius 1 is 1.40 bits per heavy atom. The second-order valence-corrected chi connectivity index (χ2v) is 4.39. The molecule has 1 saturated heterocycles. The van der Waals surface area contributed by atoms with Gasteiger partial charge in [-0.05, 0) is 52.4 Å². The molecule has 88 valence electrons. The zero-order valence-electron chi connectivity index (χ0n) is 9.67. The maximum absolute atomic E-state index is 11.5. The van der Waals surface area contributed by atoms with Gasteiger partial charge in [-0.3, -0.25) is 4.79 Å². The van der Waals surface area contributed by atoms with Gasteiger partial charge in [0.2, 0.25) is 5.91 Å². The highest BCUT2D eigenvalue weighted by molar-refractivity contribution is 5.76. The summed E-state index contributed by atoms with van der Waals surface area (Å²) in [4.78, 5) is 13.8. The summed E-state index contributed by atoms with van der Waals surface area (Å²) in [6.07, 6.45) is 4.65. The fourth-order valence-corrected chi connectivity index (χ4v) is 1.88. The number of unbranched alkanes of at least 4 members (excludes halogenated alkanes) is 1. The molecule has 3 N–H and O–H groups in total. The van der Waals surface area contributed by atoms with Crippen molar-refractivity contribution in [3.8, 4) is 0 Å². The summed E-state index contributed by atoms with van der Waals surface area (Å²) in [5.41, 5.74) is 5.38. The Morgan fingerprint density at radius 2 is 2.07 bits per heavy atom. The molecule has 0 saturated carbocycles. The molecule has 1 fully saturated rings. The quantitative estimate of drug-likeness (QED) is 0.647. The number of hydrogen-bond acceptors (Lipinski definition) is 3. The number of hydrogen-bond donors (Lipinski definition) is 2. The van der Waals surface area contributed by atoms with Gasteiger partial charge in [-0.15, -0.1) is 0 Å². The molecular weight excluding hydrogens is 190 g/mol. The summed E-state index contributed by atoms with van der Waals surface area (Å²) in [6, 6.07) is 0.395. The molecule has 1 aliphatic rings. The van der Waals surface area contributed by atoms with Crippen LogP contribution in [0.4, 0.5) is 0 Å². The van der Waals surface area contributed by atoms with Crippen molar-refractivity contribution in [1.82, 2.24) is 10.2 Å². The molecule has 0 aromatic rings. The van der Waals surface area contributed by atoms with Gasteiger partial charge in [-0.25, -0.2) is 0 Å². The summed E-state index contributed by atoms with van der Waals surface area (Å²) in [5, 5.41) is 3.09. The number of piperidine rings is 1. The molecule has 1 heterocycles. The van der Waals surface area contributed by atoms with Crippen molar-refractivity contribution >= 4 is 5.91 Å². The molecular formula is C11H23N3O. The first-order valence-electron chi connectivity index (χ1n) is 5.90. The predicted molar refractivity (Wildman–Crippen MR) is 61.6 cm³/mol. The molecule has 4 nitrogen and oxygen atoms in total. The first-order chi connectivity index (χ1) is 7.22. The highest BCUT2D eigenvalue weighted by Crippen LogP contribution is 2.08. The van der Waals surface area contributed by atoms with E-state index in [1.165, 1.54) is 0 Å². The molecule has 0 unspecified atom stereocenters. The number of carbonyl (C=O) groups excluding carboxylic acids is 1. The summed E-state index contributed by atoms with van der Waals surface area (Å²) >= 11 is 0. The van der Waals surface area contributed by atoms with Crippen LogP contribution in [0.1, 0.15) is 32.1 Å². The number of carbonyl (C=O) groups is 1. The third kappa shape index (κ3) is 5.14. The van der Waals surface area contributed by atoms with E-state index in [0.717, 1.165) is 38.8 Å². The summed E-state index contributed by atoms with van der Waals surface area (Å²) in [7, 11) is 2.12. The zero-order valence-corrected chi connectivity index (χ0v) is 9.67. The van der Waals surface area contributed by atoms with Crippen molar-refractivity contribution in [2.24, 2.45) is 5.73 Å². The number of likely N-dealkylation sites (tertiary alicyclic amines) is 1. The summed E-state index contributed by atoms with van der Waals surface area (Å²) in [6.45, 7) is 2.86. The Labute approximate surface area is 92.2 Å². The lowest BCUT2D eigenvalue weighted by Crippen LogP contribution is -2.43. The van der Waals surface area contributed by atoms with E-state index in [0.29, 0.717) is 19.0 Å². The lowest BCUT2D eigenvalue weighted by Gasteiger charge is -2.29. The van der Waals surface area contributed by atoms with Crippen LogP contribution in [-0.4, -0.2) is 43.5 Å². The molecule has 1 amide bonds. The van der Waals surface area contributed by atoms with Gasteiger partial charge in [-0.2, -0.15) is 0 Å². The molecule has 1 aliphatic heterocycles. The predicted octanol–water partition coefficient (Wildman–Crippen LogP) is 0.326. The van der Waals surface area contributed by atoms with Gasteiger partial charge >= 0.3 is 0 Å². The Morgan fingerprint density at radius 3 is 2.67 bits per heavy atom. The van der Waals surface area contributed by atoms with Gasteiger partial charge in [0.15, 0.2) is 0 Å². The van der Waals surface area contributed by atoms with E-state index in [-0.39, 0.29) is 5.91 Å². The van der Waals surface area contributed by atoms with Crippen molar-refractivity contribution < 1.29 is 4.79 Å². The molecule has 0 aromatic heterocycles. The molecule has 0 bridgehead atoms. The van der Waals surface area contributed by atoms with Crippen molar-refractivity contribution in [2.45, 2.75) is 38.1 Å². The average Bonchev–Trinajstić information content (AvgIpc) is 2.22. The lowest BCUT2D eigenvalue weighted by atomic mass is 10.1. The van der Waals surface area contributed by atoms with Crippen molar-refractivity contribution in [2.75, 3.05) is 26.7 Å². The van der Waals surface area contributed by atoms with E-state index < -0.39 is 0 Å². The van der Waals surface area contributed by atoms with E-state index in [2.05, 4.69) is 17.3 Å². The molecule has 0 aromatic carbocycles. The van der Waals surface area contributed by atoms with Crippen molar-refractivity contribution in [3.05, 3.63) is 0 Å². The van der Waals surface area contributed by atoms with Crippen LogP contribution in [0, 0.1) is 0 Å². The molecule has 0 atom stereocenters. The van der Waals surface area contributed by atoms with Crippen LogP contribution in [0.3, 0.4) is 0 Å². The van der Waals surface area contributed by atoms with Crippen LogP contribution in [0.2, 0.25) is 0 Å². The summed E-state index contributed by atoms with van der Waals surface area (Å²) in [5.74, 6) is 0.193. The van der Waals surface area contributed by atoms with Crippen LogP contribution in [0.25, 0.3) is 0 Å². The molecule has 0 radical (unpaired) electrons. The number of nitrogens with zero attached hydrogens (tertiary/aromatic N) is 1. The van der Waals surface area contributed by atoms with Crippen LogP contribution < -0.4 is 11.1 Å². The van der Waals surface area contributed by atoms with Crippen LogP contribution in [0.15, 0.2) is 0 Å². The minimum atomic E-state index is 0.193. The molecule has 1 rings (SSSR count). The van der Waals surface area contributed by atoms with Gasteiger partial charge in [0.25, 0.3) is 0 Å². The number of rotatable bonds is 5.